The fourth-order valence-electron chi connectivity index (χ4n) is 1.39. The van der Waals surface area contributed by atoms with Crippen molar-refractivity contribution in [2.75, 3.05) is 18.5 Å². The molecule has 0 radical (unpaired) electrons. The zero-order valence-electron chi connectivity index (χ0n) is 9.27. The summed E-state index contributed by atoms with van der Waals surface area (Å²) in [5.74, 6) is 0.342. The largest absolute Gasteiger partial charge is 0.492 e. The molecule has 0 saturated heterocycles. The van der Waals surface area contributed by atoms with Gasteiger partial charge in [0.25, 0.3) is 0 Å². The van der Waals surface area contributed by atoms with E-state index < -0.39 is 5.95 Å². The van der Waals surface area contributed by atoms with Gasteiger partial charge >= 0.3 is 0 Å². The highest BCUT2D eigenvalue weighted by Crippen LogP contribution is 2.09. The Kier molecular flexibility index (Phi) is 3.91. The van der Waals surface area contributed by atoms with E-state index in [1.807, 2.05) is 30.3 Å². The van der Waals surface area contributed by atoms with Crippen LogP contribution in [0.25, 0.3) is 0 Å². The summed E-state index contributed by atoms with van der Waals surface area (Å²) in [5.41, 5.74) is 0.703. The highest BCUT2D eigenvalue weighted by atomic mass is 19.1. The molecule has 1 aromatic heterocycles. The molecule has 4 heteroatoms. The van der Waals surface area contributed by atoms with Gasteiger partial charge in [-0.3, -0.25) is 0 Å². The van der Waals surface area contributed by atoms with Gasteiger partial charge in [-0.15, -0.1) is 0 Å². The third kappa shape index (κ3) is 3.75. The summed E-state index contributed by atoms with van der Waals surface area (Å²) >= 11 is 0. The van der Waals surface area contributed by atoms with Gasteiger partial charge in [0, 0.05) is 24.5 Å². The molecule has 0 aliphatic carbocycles. The number of nitrogens with zero attached hydrogens (tertiary/aromatic N) is 1. The molecule has 2 aromatic rings. The van der Waals surface area contributed by atoms with Gasteiger partial charge in [-0.25, -0.2) is 4.98 Å². The van der Waals surface area contributed by atoms with Crippen LogP contribution in [-0.4, -0.2) is 18.1 Å². The molecule has 0 bridgehead atoms. The maximum Gasteiger partial charge on any atom is 0.214 e. The minimum atomic E-state index is -0.487. The van der Waals surface area contributed by atoms with Crippen LogP contribution in [0, 0.1) is 5.95 Å². The molecule has 88 valence electrons. The second-order valence-corrected chi connectivity index (χ2v) is 3.46. The standard InChI is InChI=1S/C13H13FN2O/c14-13-10-11(6-7-16-13)15-8-9-17-12-4-2-1-3-5-12/h1-7,10H,8-9H2,(H,15,16). The lowest BCUT2D eigenvalue weighted by Crippen LogP contribution is -2.11. The van der Waals surface area contributed by atoms with E-state index >= 15 is 0 Å². The summed E-state index contributed by atoms with van der Waals surface area (Å²) in [6, 6.07) is 12.6. The van der Waals surface area contributed by atoms with Crippen molar-refractivity contribution in [3.05, 3.63) is 54.6 Å². The van der Waals surface area contributed by atoms with E-state index in [4.69, 9.17) is 4.74 Å². The van der Waals surface area contributed by atoms with Crippen LogP contribution < -0.4 is 10.1 Å². The van der Waals surface area contributed by atoms with Crippen molar-refractivity contribution in [2.45, 2.75) is 0 Å². The maximum absolute atomic E-state index is 12.8. The number of nitrogens with one attached hydrogen (secondary N) is 1. The van der Waals surface area contributed by atoms with Crippen LogP contribution in [0.2, 0.25) is 0 Å². The van der Waals surface area contributed by atoms with Gasteiger partial charge in [-0.05, 0) is 18.2 Å². The van der Waals surface area contributed by atoms with Crippen molar-refractivity contribution in [3.8, 4) is 5.75 Å². The molecule has 1 aromatic carbocycles. The summed E-state index contributed by atoms with van der Waals surface area (Å²) < 4.78 is 18.2. The zero-order chi connectivity index (χ0) is 11.9. The van der Waals surface area contributed by atoms with Gasteiger partial charge in [0.2, 0.25) is 5.95 Å². The smallest absolute Gasteiger partial charge is 0.214 e. The predicted octanol–water partition coefficient (Wildman–Crippen LogP) is 2.71. The summed E-state index contributed by atoms with van der Waals surface area (Å²) in [4.78, 5) is 3.48. The van der Waals surface area contributed by atoms with Crippen LogP contribution >= 0.6 is 0 Å². The number of rotatable bonds is 5. The molecule has 0 aliphatic rings. The van der Waals surface area contributed by atoms with E-state index in [0.29, 0.717) is 18.8 Å². The molecule has 0 spiro atoms. The Bertz CT molecular complexity index is 462. The fourth-order valence-corrected chi connectivity index (χ4v) is 1.39. The van der Waals surface area contributed by atoms with E-state index in [2.05, 4.69) is 10.3 Å². The molecule has 0 amide bonds. The van der Waals surface area contributed by atoms with Crippen LogP contribution in [-0.2, 0) is 0 Å². The highest BCUT2D eigenvalue weighted by Gasteiger charge is 1.95. The van der Waals surface area contributed by atoms with Gasteiger partial charge in [0.05, 0.1) is 0 Å². The van der Waals surface area contributed by atoms with Crippen molar-refractivity contribution < 1.29 is 9.13 Å². The second kappa shape index (κ2) is 5.84. The third-order valence-electron chi connectivity index (χ3n) is 2.17. The quantitative estimate of drug-likeness (QED) is 0.635. The van der Waals surface area contributed by atoms with Crippen LogP contribution in [0.5, 0.6) is 5.75 Å². The molecule has 2 rings (SSSR count). The van der Waals surface area contributed by atoms with Crippen LogP contribution in [0.15, 0.2) is 48.7 Å². The normalized spacial score (nSPS) is 9.94. The number of ether oxygens (including phenoxy) is 1. The second-order valence-electron chi connectivity index (χ2n) is 3.46. The van der Waals surface area contributed by atoms with Crippen LogP contribution in [0.1, 0.15) is 0 Å². The molecule has 1 heterocycles. The molecule has 0 aliphatic heterocycles. The highest BCUT2D eigenvalue weighted by molar-refractivity contribution is 5.41. The van der Waals surface area contributed by atoms with Gasteiger partial charge in [-0.1, -0.05) is 18.2 Å². The van der Waals surface area contributed by atoms with Crippen molar-refractivity contribution in [3.63, 3.8) is 0 Å². The molecular formula is C13H13FN2O. The van der Waals surface area contributed by atoms with E-state index in [1.54, 1.807) is 6.07 Å². The minimum Gasteiger partial charge on any atom is -0.492 e. The molecule has 0 saturated carbocycles. The number of benzene rings is 1. The number of aromatic nitrogens is 1. The maximum atomic E-state index is 12.8. The number of hydrogen-bond acceptors (Lipinski definition) is 3. The molecule has 0 fully saturated rings. The molecule has 0 unspecified atom stereocenters. The number of halogens is 1. The number of para-hydroxylation sites is 1. The van der Waals surface area contributed by atoms with Crippen molar-refractivity contribution >= 4 is 5.69 Å². The lowest BCUT2D eigenvalue weighted by atomic mass is 10.3. The Morgan fingerprint density at radius 3 is 2.76 bits per heavy atom. The van der Waals surface area contributed by atoms with E-state index in [1.165, 1.54) is 12.3 Å². The Hall–Kier alpha value is -2.10. The first-order valence-electron chi connectivity index (χ1n) is 5.38. The molecular weight excluding hydrogens is 219 g/mol. The third-order valence-corrected chi connectivity index (χ3v) is 2.17. The van der Waals surface area contributed by atoms with E-state index in [0.717, 1.165) is 5.75 Å². The van der Waals surface area contributed by atoms with Gasteiger partial charge in [0.1, 0.15) is 12.4 Å². The molecule has 1 N–H and O–H groups in total. The van der Waals surface area contributed by atoms with Gasteiger partial charge in [0.15, 0.2) is 0 Å². The Morgan fingerprint density at radius 1 is 1.18 bits per heavy atom. The average molecular weight is 232 g/mol. The Balaban J connectivity index is 1.73. The predicted molar refractivity (Wildman–Crippen MR) is 64.6 cm³/mol. The molecule has 17 heavy (non-hydrogen) atoms. The van der Waals surface area contributed by atoms with Crippen LogP contribution in [0.4, 0.5) is 10.1 Å². The lowest BCUT2D eigenvalue weighted by Gasteiger charge is -2.08. The number of anilines is 1. The van der Waals surface area contributed by atoms with E-state index in [9.17, 15) is 4.39 Å². The number of hydrogen-bond donors (Lipinski definition) is 1. The summed E-state index contributed by atoms with van der Waals surface area (Å²) in [6.07, 6.45) is 1.43. The minimum absolute atomic E-state index is 0.487. The van der Waals surface area contributed by atoms with Crippen molar-refractivity contribution in [2.24, 2.45) is 0 Å². The Labute approximate surface area is 99.3 Å². The fraction of sp³-hybridized carbons (Fsp3) is 0.154. The van der Waals surface area contributed by atoms with Gasteiger partial charge in [-0.2, -0.15) is 4.39 Å². The van der Waals surface area contributed by atoms with Crippen LogP contribution in [0.3, 0.4) is 0 Å². The number of pyridine rings is 1. The first-order chi connectivity index (χ1) is 8.34. The molecule has 3 nitrogen and oxygen atoms in total. The zero-order valence-corrected chi connectivity index (χ0v) is 9.27. The van der Waals surface area contributed by atoms with Crippen molar-refractivity contribution in [1.29, 1.82) is 0 Å². The topological polar surface area (TPSA) is 34.1 Å². The average Bonchev–Trinajstić information content (AvgIpc) is 2.36. The Morgan fingerprint density at radius 2 is 2.00 bits per heavy atom. The monoisotopic (exact) mass is 232 g/mol. The first-order valence-corrected chi connectivity index (χ1v) is 5.38. The molecule has 0 atom stereocenters. The van der Waals surface area contributed by atoms with Crippen molar-refractivity contribution in [1.82, 2.24) is 4.98 Å². The SMILES string of the molecule is Fc1cc(NCCOc2ccccc2)ccn1. The summed E-state index contributed by atoms with van der Waals surface area (Å²) in [5, 5.41) is 3.05. The first kappa shape index (κ1) is 11.4. The van der Waals surface area contributed by atoms with Gasteiger partial charge < -0.3 is 10.1 Å². The summed E-state index contributed by atoms with van der Waals surface area (Å²) in [6.45, 7) is 1.13. The van der Waals surface area contributed by atoms with E-state index in [-0.39, 0.29) is 0 Å². The summed E-state index contributed by atoms with van der Waals surface area (Å²) in [7, 11) is 0. The lowest BCUT2D eigenvalue weighted by molar-refractivity contribution is 0.333.